The molecule has 1 saturated heterocycles. The number of hydrogen-bond acceptors (Lipinski definition) is 9. The first kappa shape index (κ1) is 25.5. The smallest absolute Gasteiger partial charge is 0.417 e. The molecular formula is C20H22ClF3N6O4S. The summed E-state index contributed by atoms with van der Waals surface area (Å²) in [5.74, 6) is -1.93. The van der Waals surface area contributed by atoms with Crippen LogP contribution in [0.25, 0.3) is 11.1 Å². The summed E-state index contributed by atoms with van der Waals surface area (Å²) in [6.45, 7) is 0.595. The van der Waals surface area contributed by atoms with E-state index < -0.39 is 33.1 Å². The second kappa shape index (κ2) is 9.11. The number of alkyl halides is 3. The standard InChI is InChI=1S/C20H22ClF3N6O4S/c1-33-15-3-2-11(8-16(15)35(31,32)30-4-6-34-7-5-30)17-13(19(22,23)24)9-12(10-14(17)21)20(26)27-18(25)28-29-20/h2-3,8-10,29H,4-7,26H2,1H3,(H3,25,27,28). The Hall–Kier alpha value is -2.62. The highest BCUT2D eigenvalue weighted by Gasteiger charge is 2.40. The number of sulfonamides is 1. The summed E-state index contributed by atoms with van der Waals surface area (Å²) < 4.78 is 80.8. The van der Waals surface area contributed by atoms with E-state index in [1.54, 1.807) is 0 Å². The Morgan fingerprint density at radius 2 is 1.91 bits per heavy atom. The van der Waals surface area contributed by atoms with Gasteiger partial charge < -0.3 is 15.2 Å². The third kappa shape index (κ3) is 4.77. The summed E-state index contributed by atoms with van der Waals surface area (Å²) in [4.78, 5) is 3.60. The average molecular weight is 535 g/mol. The van der Waals surface area contributed by atoms with Crippen molar-refractivity contribution in [2.24, 2.45) is 16.5 Å². The SMILES string of the molecule is COc1ccc(-c2c(Cl)cc(C3(N)N=C(N)NN3)cc2C(F)(F)F)cc1S(=O)(=O)N1CCOCC1. The summed E-state index contributed by atoms with van der Waals surface area (Å²) in [6.07, 6.45) is -4.87. The number of nitrogens with two attached hydrogens (primary N) is 2. The van der Waals surface area contributed by atoms with Gasteiger partial charge in [-0.2, -0.15) is 22.9 Å². The van der Waals surface area contributed by atoms with Crippen LogP contribution in [-0.2, 0) is 26.7 Å². The number of morpholine rings is 1. The van der Waals surface area contributed by atoms with Crippen molar-refractivity contribution in [2.75, 3.05) is 33.4 Å². The number of nitrogens with zero attached hydrogens (tertiary/aromatic N) is 2. The van der Waals surface area contributed by atoms with E-state index >= 15 is 0 Å². The van der Waals surface area contributed by atoms with Gasteiger partial charge in [0.2, 0.25) is 21.8 Å². The first-order valence-corrected chi connectivity index (χ1v) is 12.0. The lowest BCUT2D eigenvalue weighted by molar-refractivity contribution is -0.137. The summed E-state index contributed by atoms with van der Waals surface area (Å²) in [5, 5.41) is -0.318. The molecule has 0 bridgehead atoms. The lowest BCUT2D eigenvalue weighted by atomic mass is 9.95. The molecule has 0 aliphatic carbocycles. The van der Waals surface area contributed by atoms with Crippen LogP contribution in [0, 0.1) is 0 Å². The molecular weight excluding hydrogens is 513 g/mol. The molecule has 190 valence electrons. The van der Waals surface area contributed by atoms with Gasteiger partial charge in [-0.1, -0.05) is 17.7 Å². The fraction of sp³-hybridized carbons (Fsp3) is 0.350. The third-order valence-electron chi connectivity index (χ3n) is 5.55. The van der Waals surface area contributed by atoms with Crippen molar-refractivity contribution in [3.8, 4) is 16.9 Å². The fourth-order valence-electron chi connectivity index (χ4n) is 3.85. The molecule has 35 heavy (non-hydrogen) atoms. The molecule has 0 saturated carbocycles. The molecule has 1 unspecified atom stereocenters. The van der Waals surface area contributed by atoms with Crippen molar-refractivity contribution in [3.63, 3.8) is 0 Å². The Balaban J connectivity index is 1.89. The van der Waals surface area contributed by atoms with Gasteiger partial charge in [-0.05, 0) is 29.8 Å². The maximum absolute atomic E-state index is 14.2. The average Bonchev–Trinajstić information content (AvgIpc) is 3.17. The van der Waals surface area contributed by atoms with Crippen molar-refractivity contribution in [1.29, 1.82) is 0 Å². The highest BCUT2D eigenvalue weighted by molar-refractivity contribution is 7.89. The molecule has 0 aromatic heterocycles. The van der Waals surface area contributed by atoms with Gasteiger partial charge in [0, 0.05) is 29.2 Å². The Kier molecular flexibility index (Phi) is 6.63. The van der Waals surface area contributed by atoms with Crippen LogP contribution in [0.4, 0.5) is 13.2 Å². The molecule has 2 heterocycles. The van der Waals surface area contributed by atoms with Crippen molar-refractivity contribution in [1.82, 2.24) is 15.2 Å². The van der Waals surface area contributed by atoms with Crippen molar-refractivity contribution in [2.45, 2.75) is 16.9 Å². The van der Waals surface area contributed by atoms with Crippen molar-refractivity contribution < 1.29 is 31.1 Å². The van der Waals surface area contributed by atoms with E-state index in [9.17, 15) is 21.6 Å². The van der Waals surface area contributed by atoms with E-state index in [4.69, 9.17) is 32.5 Å². The maximum Gasteiger partial charge on any atom is 0.417 e. The number of aliphatic imine (C=N–C) groups is 1. The summed E-state index contributed by atoms with van der Waals surface area (Å²) in [6, 6.07) is 5.70. The number of benzene rings is 2. The van der Waals surface area contributed by atoms with Crippen LogP contribution in [0.2, 0.25) is 5.02 Å². The van der Waals surface area contributed by atoms with Gasteiger partial charge in [0.05, 0.1) is 25.9 Å². The predicted octanol–water partition coefficient (Wildman–Crippen LogP) is 1.55. The Bertz CT molecular complexity index is 1280. The van der Waals surface area contributed by atoms with Crippen LogP contribution in [0.3, 0.4) is 0 Å². The summed E-state index contributed by atoms with van der Waals surface area (Å²) in [5.41, 5.74) is 14.8. The molecule has 1 fully saturated rings. The minimum Gasteiger partial charge on any atom is -0.495 e. The van der Waals surface area contributed by atoms with Crippen LogP contribution < -0.4 is 27.1 Å². The molecule has 0 spiro atoms. The normalized spacial score (nSPS) is 21.5. The summed E-state index contributed by atoms with van der Waals surface area (Å²) in [7, 11) is -2.83. The van der Waals surface area contributed by atoms with Crippen LogP contribution in [0.15, 0.2) is 40.2 Å². The predicted molar refractivity (Wildman–Crippen MR) is 122 cm³/mol. The lowest BCUT2D eigenvalue weighted by Crippen LogP contribution is -2.50. The Morgan fingerprint density at radius 1 is 1.23 bits per heavy atom. The number of guanidine groups is 1. The third-order valence-corrected chi connectivity index (χ3v) is 7.77. The van der Waals surface area contributed by atoms with Crippen LogP contribution in [0.1, 0.15) is 11.1 Å². The van der Waals surface area contributed by atoms with Crippen LogP contribution >= 0.6 is 11.6 Å². The number of ether oxygens (including phenoxy) is 2. The molecule has 2 aromatic carbocycles. The zero-order valence-electron chi connectivity index (χ0n) is 18.3. The van der Waals surface area contributed by atoms with Gasteiger partial charge in [-0.3, -0.25) is 11.2 Å². The van der Waals surface area contributed by atoms with Gasteiger partial charge in [0.1, 0.15) is 10.6 Å². The second-order valence-electron chi connectivity index (χ2n) is 7.77. The van der Waals surface area contributed by atoms with Crippen LogP contribution in [0.5, 0.6) is 5.75 Å². The molecule has 2 aromatic rings. The fourth-order valence-corrected chi connectivity index (χ4v) is 5.76. The van der Waals surface area contributed by atoms with E-state index in [0.717, 1.165) is 12.1 Å². The van der Waals surface area contributed by atoms with E-state index in [0.29, 0.717) is 0 Å². The van der Waals surface area contributed by atoms with E-state index in [-0.39, 0.29) is 59.1 Å². The molecule has 15 heteroatoms. The number of hydrogen-bond donors (Lipinski definition) is 4. The van der Waals surface area contributed by atoms with E-state index in [2.05, 4.69) is 15.8 Å². The Morgan fingerprint density at radius 3 is 2.49 bits per heavy atom. The molecule has 2 aliphatic heterocycles. The highest BCUT2D eigenvalue weighted by atomic mass is 35.5. The molecule has 1 atom stereocenters. The van der Waals surface area contributed by atoms with Gasteiger partial charge >= 0.3 is 6.18 Å². The minimum absolute atomic E-state index is 0.0199. The quantitative estimate of drug-likeness (QED) is 0.452. The van der Waals surface area contributed by atoms with Crippen molar-refractivity contribution in [3.05, 3.63) is 46.5 Å². The zero-order chi connectivity index (χ0) is 25.6. The first-order chi connectivity index (χ1) is 16.4. The topological polar surface area (TPSA) is 144 Å². The van der Waals surface area contributed by atoms with Gasteiger partial charge in [0.15, 0.2) is 0 Å². The van der Waals surface area contributed by atoms with Gasteiger partial charge in [-0.25, -0.2) is 13.4 Å². The number of nitrogens with one attached hydrogen (secondary N) is 2. The lowest BCUT2D eigenvalue weighted by Gasteiger charge is -2.27. The molecule has 0 amide bonds. The number of methoxy groups -OCH3 is 1. The molecule has 0 radical (unpaired) electrons. The second-order valence-corrected chi connectivity index (χ2v) is 10.1. The number of hydrazine groups is 1. The number of halogens is 4. The van der Waals surface area contributed by atoms with Crippen LogP contribution in [-0.4, -0.2) is 52.1 Å². The largest absolute Gasteiger partial charge is 0.495 e. The van der Waals surface area contributed by atoms with Gasteiger partial charge in [0.25, 0.3) is 0 Å². The zero-order valence-corrected chi connectivity index (χ0v) is 19.9. The van der Waals surface area contributed by atoms with E-state index in [1.165, 1.54) is 29.6 Å². The monoisotopic (exact) mass is 534 g/mol. The molecule has 10 nitrogen and oxygen atoms in total. The van der Waals surface area contributed by atoms with E-state index in [1.807, 2.05) is 0 Å². The molecule has 6 N–H and O–H groups in total. The highest BCUT2D eigenvalue weighted by Crippen LogP contribution is 2.44. The Labute approximate surface area is 204 Å². The first-order valence-electron chi connectivity index (χ1n) is 10.2. The van der Waals surface area contributed by atoms with Gasteiger partial charge in [-0.15, -0.1) is 0 Å². The maximum atomic E-state index is 14.2. The minimum atomic E-state index is -4.87. The summed E-state index contributed by atoms with van der Waals surface area (Å²) >= 11 is 6.35. The molecule has 4 rings (SSSR count). The molecule has 2 aliphatic rings. The van der Waals surface area contributed by atoms with Crippen molar-refractivity contribution >= 4 is 27.6 Å². The number of rotatable bonds is 5.